The minimum atomic E-state index is -4.75. The lowest BCUT2D eigenvalue weighted by Gasteiger charge is -2.18. The van der Waals surface area contributed by atoms with Crippen molar-refractivity contribution >= 4 is 19.8 Å². The minimum absolute atomic E-state index is 0.200. The molecule has 0 rings (SSSR count). The summed E-state index contributed by atoms with van der Waals surface area (Å²) >= 11 is 0. The number of carbonyl (C=O) groups excluding carboxylic acids is 2. The van der Waals surface area contributed by atoms with Crippen LogP contribution in [0.2, 0.25) is 0 Å². The predicted octanol–water partition coefficient (Wildman–Crippen LogP) is 11.8. The van der Waals surface area contributed by atoms with Crippen LogP contribution in [0.15, 0.2) is 36.5 Å². The Morgan fingerprint density at radius 1 is 0.531 bits per heavy atom. The minimum Gasteiger partial charge on any atom is -0.462 e. The average Bonchev–Trinajstić information content (AvgIpc) is 3.07. The summed E-state index contributed by atoms with van der Waals surface area (Å²) < 4.78 is 26.3. The molecule has 8 nitrogen and oxygen atoms in total. The highest BCUT2D eigenvalue weighted by molar-refractivity contribution is 7.46. The molecule has 9 heteroatoms. The number of hydrogen-bond donors (Lipinski definition) is 2. The maximum Gasteiger partial charge on any atom is 0.469 e. The van der Waals surface area contributed by atoms with Crippen LogP contribution in [0.3, 0.4) is 0 Å². The molecule has 0 heterocycles. The van der Waals surface area contributed by atoms with Crippen LogP contribution in [0.4, 0.5) is 0 Å². The topological polar surface area (TPSA) is 119 Å². The van der Waals surface area contributed by atoms with Gasteiger partial charge in [0.15, 0.2) is 6.10 Å². The molecule has 0 unspecified atom stereocenters. The molecule has 0 aliphatic heterocycles. The average molecular weight is 713 g/mol. The van der Waals surface area contributed by atoms with Gasteiger partial charge >= 0.3 is 19.8 Å². The van der Waals surface area contributed by atoms with E-state index in [4.69, 9.17) is 19.3 Å². The summed E-state index contributed by atoms with van der Waals surface area (Å²) in [6.45, 7) is 3.63. The molecule has 0 aliphatic rings. The quantitative estimate of drug-likeness (QED) is 0.0285. The van der Waals surface area contributed by atoms with Crippen LogP contribution in [0.5, 0.6) is 0 Å². The van der Waals surface area contributed by atoms with E-state index in [9.17, 15) is 14.2 Å². The highest BCUT2D eigenvalue weighted by Crippen LogP contribution is 2.36. The van der Waals surface area contributed by atoms with E-state index in [0.717, 1.165) is 64.2 Å². The highest BCUT2D eigenvalue weighted by Gasteiger charge is 2.22. The fraction of sp³-hybridized carbons (Fsp3) is 0.800. The van der Waals surface area contributed by atoms with Crippen LogP contribution < -0.4 is 0 Å². The van der Waals surface area contributed by atoms with Gasteiger partial charge in [-0.05, 0) is 70.6 Å². The number of unbranched alkanes of at least 4 members (excludes halogenated alkanes) is 20. The van der Waals surface area contributed by atoms with Gasteiger partial charge in [-0.15, -0.1) is 0 Å². The van der Waals surface area contributed by atoms with Gasteiger partial charge in [0.1, 0.15) is 6.61 Å². The number of rotatable bonds is 36. The Bertz CT molecular complexity index is 895. The van der Waals surface area contributed by atoms with Gasteiger partial charge in [0.2, 0.25) is 0 Å². The summed E-state index contributed by atoms with van der Waals surface area (Å²) in [5.74, 6) is -0.903. The summed E-state index contributed by atoms with van der Waals surface area (Å²) in [5.41, 5.74) is 0. The first kappa shape index (κ1) is 47.3. The molecule has 0 saturated heterocycles. The van der Waals surface area contributed by atoms with E-state index in [0.29, 0.717) is 12.8 Å². The molecule has 0 aromatic rings. The molecule has 286 valence electrons. The fourth-order valence-electron chi connectivity index (χ4n) is 5.40. The van der Waals surface area contributed by atoms with Crippen molar-refractivity contribution in [1.82, 2.24) is 0 Å². The molecule has 2 N–H and O–H groups in total. The maximum absolute atomic E-state index is 12.4. The number of carbonyl (C=O) groups is 2. The normalized spacial score (nSPS) is 12.8. The molecule has 1 atom stereocenters. The zero-order chi connectivity index (χ0) is 36.1. The summed E-state index contributed by atoms with van der Waals surface area (Å²) in [7, 11) is -4.75. The van der Waals surface area contributed by atoms with Crippen LogP contribution in [-0.4, -0.2) is 41.0 Å². The number of ether oxygens (including phenoxy) is 2. The van der Waals surface area contributed by atoms with Crippen LogP contribution in [0.1, 0.15) is 187 Å². The van der Waals surface area contributed by atoms with Gasteiger partial charge in [-0.2, -0.15) is 0 Å². The van der Waals surface area contributed by atoms with Crippen LogP contribution >= 0.6 is 7.82 Å². The Hall–Kier alpha value is -1.73. The van der Waals surface area contributed by atoms with Gasteiger partial charge < -0.3 is 19.3 Å². The lowest BCUT2D eigenvalue weighted by atomic mass is 10.1. The zero-order valence-electron chi connectivity index (χ0n) is 31.3. The van der Waals surface area contributed by atoms with Crippen molar-refractivity contribution in [2.24, 2.45) is 0 Å². The molecule has 0 bridgehead atoms. The van der Waals surface area contributed by atoms with Gasteiger partial charge in [-0.1, -0.05) is 140 Å². The molecular weight excluding hydrogens is 639 g/mol. The van der Waals surface area contributed by atoms with E-state index in [2.05, 4.69) is 54.8 Å². The molecule has 0 spiro atoms. The third kappa shape index (κ3) is 38.9. The number of hydrogen-bond acceptors (Lipinski definition) is 6. The van der Waals surface area contributed by atoms with E-state index in [-0.39, 0.29) is 19.4 Å². The molecule has 49 heavy (non-hydrogen) atoms. The van der Waals surface area contributed by atoms with E-state index < -0.39 is 32.5 Å². The van der Waals surface area contributed by atoms with E-state index >= 15 is 0 Å². The number of esters is 2. The SMILES string of the molecule is CCCCC/C=C/C/C=C/CCCCCCCCCC(=O)OC[C@H](COP(=O)(O)O)OC(=O)CCCCCCC/C=C/CCCCCCC. The Balaban J connectivity index is 3.96. The van der Waals surface area contributed by atoms with Crippen molar-refractivity contribution in [3.63, 3.8) is 0 Å². The molecule has 0 aromatic carbocycles. The van der Waals surface area contributed by atoms with E-state index in [1.54, 1.807) is 0 Å². The lowest BCUT2D eigenvalue weighted by Crippen LogP contribution is -2.29. The third-order valence-electron chi connectivity index (χ3n) is 8.38. The second-order valence-electron chi connectivity index (χ2n) is 13.2. The molecule has 0 aliphatic carbocycles. The third-order valence-corrected chi connectivity index (χ3v) is 8.87. The maximum atomic E-state index is 12.4. The van der Waals surface area contributed by atoms with Crippen LogP contribution in [-0.2, 0) is 28.2 Å². The van der Waals surface area contributed by atoms with Gasteiger partial charge in [-0.25, -0.2) is 4.57 Å². The first-order valence-electron chi connectivity index (χ1n) is 19.8. The fourth-order valence-corrected chi connectivity index (χ4v) is 5.76. The molecule has 0 fully saturated rings. The summed E-state index contributed by atoms with van der Waals surface area (Å²) in [6.07, 6.45) is 41.4. The van der Waals surface area contributed by atoms with Crippen molar-refractivity contribution in [3.8, 4) is 0 Å². The standard InChI is InChI=1S/C40H73O8P/c1-3-5-7-9-11-13-15-17-19-20-21-23-24-26-28-30-32-34-39(41)46-36-38(37-47-49(43,44)45)48-40(42)35-33-31-29-27-25-22-18-16-14-12-10-8-6-4-2/h11,13,16-19,38H,3-10,12,14-15,20-37H2,1-2H3,(H2,43,44,45)/b13-11+,18-16+,19-17+/t38-/m1/s1. The van der Waals surface area contributed by atoms with Crippen molar-refractivity contribution < 1.29 is 37.9 Å². The largest absolute Gasteiger partial charge is 0.469 e. The van der Waals surface area contributed by atoms with Crippen molar-refractivity contribution in [2.45, 2.75) is 193 Å². The van der Waals surface area contributed by atoms with E-state index in [1.165, 1.54) is 83.5 Å². The monoisotopic (exact) mass is 713 g/mol. The van der Waals surface area contributed by atoms with Crippen molar-refractivity contribution in [3.05, 3.63) is 36.5 Å². The zero-order valence-corrected chi connectivity index (χ0v) is 32.2. The van der Waals surface area contributed by atoms with Gasteiger partial charge in [0, 0.05) is 12.8 Å². The van der Waals surface area contributed by atoms with Crippen molar-refractivity contribution in [2.75, 3.05) is 13.2 Å². The van der Waals surface area contributed by atoms with Crippen molar-refractivity contribution in [1.29, 1.82) is 0 Å². The lowest BCUT2D eigenvalue weighted by molar-refractivity contribution is -0.161. The highest BCUT2D eigenvalue weighted by atomic mass is 31.2. The number of allylic oxidation sites excluding steroid dienone is 6. The Morgan fingerprint density at radius 3 is 1.41 bits per heavy atom. The molecule has 0 radical (unpaired) electrons. The number of phosphoric ester groups is 1. The smallest absolute Gasteiger partial charge is 0.462 e. The Labute approximate surface area is 300 Å². The van der Waals surface area contributed by atoms with Gasteiger partial charge in [0.25, 0.3) is 0 Å². The molecule has 0 aromatic heterocycles. The first-order valence-corrected chi connectivity index (χ1v) is 21.3. The van der Waals surface area contributed by atoms with Crippen LogP contribution in [0.25, 0.3) is 0 Å². The Morgan fingerprint density at radius 2 is 0.918 bits per heavy atom. The predicted molar refractivity (Wildman–Crippen MR) is 202 cm³/mol. The van der Waals surface area contributed by atoms with Crippen LogP contribution in [0, 0.1) is 0 Å². The molecule has 0 saturated carbocycles. The summed E-state index contributed by atoms with van der Waals surface area (Å²) in [6, 6.07) is 0. The second-order valence-corrected chi connectivity index (χ2v) is 14.5. The summed E-state index contributed by atoms with van der Waals surface area (Å²) in [4.78, 5) is 42.7. The van der Waals surface area contributed by atoms with Gasteiger partial charge in [0.05, 0.1) is 6.61 Å². The molecular formula is C40H73O8P. The van der Waals surface area contributed by atoms with Gasteiger partial charge in [-0.3, -0.25) is 14.1 Å². The summed E-state index contributed by atoms with van der Waals surface area (Å²) in [5, 5.41) is 0. The second kappa shape index (κ2) is 36.1. The van der Waals surface area contributed by atoms with E-state index in [1.807, 2.05) is 0 Å². The first-order chi connectivity index (χ1) is 23.8. The number of phosphoric acid groups is 1. The Kier molecular flexibility index (Phi) is 34.8. The molecule has 0 amide bonds.